The molecular weight excluding hydrogens is 612 g/mol. The molecule has 2 unspecified atom stereocenters. The largest absolute Gasteiger partial charge is 0.507 e. The standard InChI is InChI=1S/C32H34N6O9/c1-38(2)25-24(41)21(28(34)44)26(42)31(14-33)27(43)22-23(40)20-18(12-30(22,35)13-32(25,31)36)17(8-9-19(20)39)15-4-6-16(7-5-15)37-29(45)47-11-10-46-3/h4-9,21-22,25,39H,10-13,35-36H2,1-3H3,(H2,34,44)(H,37,45)/t21?,22?,25-,30-,31+,32-/m1/s1. The number of phenols is 1. The maximum Gasteiger partial charge on any atom is 0.411 e. The Kier molecular flexibility index (Phi) is 8.27. The second kappa shape index (κ2) is 11.7. The number of nitriles is 1. The van der Waals surface area contributed by atoms with E-state index in [1.54, 1.807) is 36.4 Å². The van der Waals surface area contributed by atoms with Crippen LogP contribution in [0.1, 0.15) is 22.3 Å². The summed E-state index contributed by atoms with van der Waals surface area (Å²) in [6.07, 6.45) is -1.44. The summed E-state index contributed by atoms with van der Waals surface area (Å²) >= 11 is 0. The van der Waals surface area contributed by atoms with Gasteiger partial charge < -0.3 is 31.8 Å². The lowest BCUT2D eigenvalue weighted by atomic mass is 9.42. The number of fused-ring (bicyclic) bond motifs is 3. The zero-order valence-corrected chi connectivity index (χ0v) is 25.9. The number of hydrogen-bond acceptors (Lipinski definition) is 13. The number of aromatic hydroxyl groups is 1. The van der Waals surface area contributed by atoms with Crippen molar-refractivity contribution in [1.82, 2.24) is 4.90 Å². The minimum atomic E-state index is -2.82. The molecule has 15 nitrogen and oxygen atoms in total. The van der Waals surface area contributed by atoms with Gasteiger partial charge in [0.1, 0.15) is 18.3 Å². The van der Waals surface area contributed by atoms with Crippen molar-refractivity contribution in [2.24, 2.45) is 34.5 Å². The maximum atomic E-state index is 14.5. The average molecular weight is 647 g/mol. The van der Waals surface area contributed by atoms with Gasteiger partial charge in [0.15, 0.2) is 34.5 Å². The Bertz CT molecular complexity index is 1770. The van der Waals surface area contributed by atoms with Crippen molar-refractivity contribution >= 4 is 40.8 Å². The molecule has 0 radical (unpaired) electrons. The van der Waals surface area contributed by atoms with Gasteiger partial charge >= 0.3 is 6.09 Å². The number of rotatable bonds is 7. The molecule has 0 bridgehead atoms. The molecule has 2 aromatic carbocycles. The number of phenolic OH excluding ortho intramolecular Hbond substituents is 1. The molecule has 15 heteroatoms. The number of ether oxygens (including phenoxy) is 2. The highest BCUT2D eigenvalue weighted by atomic mass is 16.6. The summed E-state index contributed by atoms with van der Waals surface area (Å²) in [5, 5.41) is 24.0. The first kappa shape index (κ1) is 33.4. The highest BCUT2D eigenvalue weighted by Gasteiger charge is 2.78. The van der Waals surface area contributed by atoms with Gasteiger partial charge in [0.05, 0.1) is 29.8 Å². The van der Waals surface area contributed by atoms with E-state index in [9.17, 15) is 39.1 Å². The van der Waals surface area contributed by atoms with Gasteiger partial charge in [-0.15, -0.1) is 0 Å². The van der Waals surface area contributed by atoms with Crippen LogP contribution in [0.15, 0.2) is 36.4 Å². The number of carbonyl (C=O) groups is 6. The molecule has 2 fully saturated rings. The summed E-state index contributed by atoms with van der Waals surface area (Å²) in [5.74, 6) is -10.3. The molecule has 2 amide bonds. The van der Waals surface area contributed by atoms with Gasteiger partial charge in [-0.25, -0.2) is 4.79 Å². The third-order valence-electron chi connectivity index (χ3n) is 9.44. The summed E-state index contributed by atoms with van der Waals surface area (Å²) in [6, 6.07) is 9.49. The fourth-order valence-electron chi connectivity index (χ4n) is 7.58. The van der Waals surface area contributed by atoms with E-state index in [4.69, 9.17) is 26.7 Å². The Hall–Kier alpha value is -5.01. The summed E-state index contributed by atoms with van der Waals surface area (Å²) in [5.41, 5.74) is 13.8. The smallest absolute Gasteiger partial charge is 0.411 e. The third-order valence-corrected chi connectivity index (χ3v) is 9.44. The van der Waals surface area contributed by atoms with Crippen LogP contribution in [0.2, 0.25) is 0 Å². The molecule has 0 heterocycles. The van der Waals surface area contributed by atoms with Crippen molar-refractivity contribution in [2.45, 2.75) is 30.0 Å². The SMILES string of the molecule is COCCOC(=O)Nc1ccc(-c2ccc(O)c3c2C[C@@]2(N)C[C@@]4(N)[C@H](N(C)C)C(=O)C(C(N)=O)C(=O)[C@@]4(C#N)C(=O)C2C3=O)cc1. The van der Waals surface area contributed by atoms with Crippen LogP contribution in [-0.2, 0) is 35.1 Å². The van der Waals surface area contributed by atoms with Gasteiger partial charge in [-0.05, 0) is 61.8 Å². The number of Topliss-reactive ketones (excluding diaryl/α,β-unsaturated/α-hetero) is 4. The number of benzene rings is 2. The number of nitrogens with zero attached hydrogens (tertiary/aromatic N) is 2. The first-order valence-electron chi connectivity index (χ1n) is 14.6. The molecule has 2 aromatic rings. The summed E-state index contributed by atoms with van der Waals surface area (Å²) in [4.78, 5) is 81.8. The molecule has 0 spiro atoms. The average Bonchev–Trinajstić information content (AvgIpc) is 2.97. The number of amides is 2. The molecule has 0 aromatic heterocycles. The van der Waals surface area contributed by atoms with Gasteiger partial charge in [0, 0.05) is 18.3 Å². The number of anilines is 1. The quantitative estimate of drug-likeness (QED) is 0.191. The van der Waals surface area contributed by atoms with Crippen LogP contribution >= 0.6 is 0 Å². The predicted molar refractivity (Wildman–Crippen MR) is 164 cm³/mol. The third kappa shape index (κ3) is 4.80. The van der Waals surface area contributed by atoms with Crippen LogP contribution in [0.5, 0.6) is 5.75 Å². The highest BCUT2D eigenvalue weighted by molar-refractivity contribution is 6.33. The molecular formula is C32H34N6O9. The second-order valence-electron chi connectivity index (χ2n) is 12.4. The van der Waals surface area contributed by atoms with Crippen LogP contribution < -0.4 is 22.5 Å². The zero-order valence-electron chi connectivity index (χ0n) is 25.9. The molecule has 5 rings (SSSR count). The van der Waals surface area contributed by atoms with Gasteiger partial charge in [0.25, 0.3) is 0 Å². The van der Waals surface area contributed by atoms with Gasteiger partial charge in [-0.2, -0.15) is 5.26 Å². The van der Waals surface area contributed by atoms with Crippen LogP contribution in [0.3, 0.4) is 0 Å². The van der Waals surface area contributed by atoms with Gasteiger partial charge in [-0.1, -0.05) is 18.2 Å². The Morgan fingerprint density at radius 3 is 2.30 bits per heavy atom. The lowest BCUT2D eigenvalue weighted by molar-refractivity contribution is -0.166. The minimum Gasteiger partial charge on any atom is -0.507 e. The van der Waals surface area contributed by atoms with E-state index in [2.05, 4.69) is 5.32 Å². The molecule has 2 saturated carbocycles. The predicted octanol–water partition coefficient (Wildman–Crippen LogP) is -0.330. The van der Waals surface area contributed by atoms with Gasteiger partial charge in [0.2, 0.25) is 5.91 Å². The molecule has 47 heavy (non-hydrogen) atoms. The van der Waals surface area contributed by atoms with Crippen molar-refractivity contribution in [1.29, 1.82) is 5.26 Å². The molecule has 246 valence electrons. The van der Waals surface area contributed by atoms with Crippen molar-refractivity contribution in [3.63, 3.8) is 0 Å². The molecule has 0 aliphatic heterocycles. The second-order valence-corrected chi connectivity index (χ2v) is 12.4. The van der Waals surface area contributed by atoms with Crippen molar-refractivity contribution in [3.05, 3.63) is 47.5 Å². The van der Waals surface area contributed by atoms with Gasteiger partial charge in [-0.3, -0.25) is 34.2 Å². The lowest BCUT2D eigenvalue weighted by Crippen LogP contribution is -2.85. The number of nitrogens with two attached hydrogens (primary N) is 3. The van der Waals surface area contributed by atoms with Crippen molar-refractivity contribution in [3.8, 4) is 22.9 Å². The summed E-state index contributed by atoms with van der Waals surface area (Å²) in [7, 11) is 4.34. The lowest BCUT2D eigenvalue weighted by Gasteiger charge is -2.60. The molecule has 8 N–H and O–H groups in total. The van der Waals surface area contributed by atoms with Crippen LogP contribution in [0, 0.1) is 28.6 Å². The van der Waals surface area contributed by atoms with Crippen molar-refractivity contribution < 1.29 is 43.3 Å². The van der Waals surface area contributed by atoms with E-state index >= 15 is 0 Å². The molecule has 6 atom stereocenters. The monoisotopic (exact) mass is 646 g/mol. The minimum absolute atomic E-state index is 0.0569. The van der Waals surface area contributed by atoms with Crippen LogP contribution in [0.25, 0.3) is 11.1 Å². The normalized spacial score (nSPS) is 29.8. The van der Waals surface area contributed by atoms with E-state index < -0.39 is 81.7 Å². The molecule has 3 aliphatic rings. The fourth-order valence-corrected chi connectivity index (χ4v) is 7.58. The summed E-state index contributed by atoms with van der Waals surface area (Å²) < 4.78 is 9.86. The Labute approximate surface area is 268 Å². The maximum absolute atomic E-state index is 14.5. The number of hydrogen-bond donors (Lipinski definition) is 5. The molecule has 3 aliphatic carbocycles. The number of ketones is 4. The van der Waals surface area contributed by atoms with E-state index in [0.717, 1.165) is 0 Å². The van der Waals surface area contributed by atoms with E-state index in [-0.39, 0.29) is 30.8 Å². The first-order chi connectivity index (χ1) is 22.1. The number of methoxy groups -OCH3 is 1. The fraction of sp³-hybridized carbons (Fsp3) is 0.406. The topological polar surface area (TPSA) is 258 Å². The highest BCUT2D eigenvalue weighted by Crippen LogP contribution is 2.57. The van der Waals surface area contributed by atoms with Crippen LogP contribution in [-0.4, -0.2) is 96.7 Å². The van der Waals surface area contributed by atoms with E-state index in [1.807, 2.05) is 0 Å². The Morgan fingerprint density at radius 2 is 1.72 bits per heavy atom. The number of primary amides is 1. The van der Waals surface area contributed by atoms with Crippen molar-refractivity contribution in [2.75, 3.05) is 39.7 Å². The van der Waals surface area contributed by atoms with E-state index in [1.165, 1.54) is 32.2 Å². The number of likely N-dealkylation sites (N-methyl/N-ethyl adjacent to an activating group) is 1. The number of carbonyl (C=O) groups excluding carboxylic acids is 6. The number of nitrogens with one attached hydrogen (secondary N) is 1. The van der Waals surface area contributed by atoms with Crippen LogP contribution in [0.4, 0.5) is 10.5 Å². The Morgan fingerprint density at radius 1 is 1.06 bits per heavy atom. The zero-order chi connectivity index (χ0) is 34.6. The van der Waals surface area contributed by atoms with E-state index in [0.29, 0.717) is 16.8 Å². The molecule has 0 saturated heterocycles. The Balaban J connectivity index is 1.61. The summed E-state index contributed by atoms with van der Waals surface area (Å²) in [6.45, 7) is 0.284. The first-order valence-corrected chi connectivity index (χ1v) is 14.6.